The second kappa shape index (κ2) is 8.24. The van der Waals surface area contributed by atoms with E-state index >= 15 is 0 Å². The van der Waals surface area contributed by atoms with E-state index in [9.17, 15) is 23.5 Å². The highest BCUT2D eigenvalue weighted by atomic mass is 19.1. The number of hydrogen-bond acceptors (Lipinski definition) is 4. The molecule has 0 saturated carbocycles. The Morgan fingerprint density at radius 2 is 1.71 bits per heavy atom. The predicted octanol–water partition coefficient (Wildman–Crippen LogP) is 6.10. The molecule has 0 aliphatic carbocycles. The number of aliphatic hydroxyl groups excluding tert-OH is 1. The van der Waals surface area contributed by atoms with Crippen LogP contribution in [-0.2, 0) is 15.0 Å². The first-order valence-corrected chi connectivity index (χ1v) is 10.8. The van der Waals surface area contributed by atoms with E-state index in [4.69, 9.17) is 4.42 Å². The van der Waals surface area contributed by atoms with Crippen molar-refractivity contribution >= 4 is 23.1 Å². The van der Waals surface area contributed by atoms with Gasteiger partial charge in [-0.2, -0.15) is 0 Å². The molecule has 7 heteroatoms. The summed E-state index contributed by atoms with van der Waals surface area (Å²) in [5.41, 5.74) is 1.06. The topological polar surface area (TPSA) is 70.8 Å². The third-order valence-corrected chi connectivity index (χ3v) is 6.00. The Kier molecular flexibility index (Phi) is 5.67. The van der Waals surface area contributed by atoms with Gasteiger partial charge in [0.2, 0.25) is 0 Å². The van der Waals surface area contributed by atoms with Crippen molar-refractivity contribution in [3.05, 3.63) is 93.9 Å². The number of anilines is 1. The van der Waals surface area contributed by atoms with Crippen LogP contribution >= 0.6 is 0 Å². The maximum absolute atomic E-state index is 14.7. The van der Waals surface area contributed by atoms with E-state index in [1.54, 1.807) is 32.0 Å². The molecule has 1 amide bonds. The van der Waals surface area contributed by atoms with Crippen LogP contribution in [0.3, 0.4) is 0 Å². The summed E-state index contributed by atoms with van der Waals surface area (Å²) in [6.45, 7) is 9.49. The predicted molar refractivity (Wildman–Crippen MR) is 124 cm³/mol. The van der Waals surface area contributed by atoms with Crippen LogP contribution in [0.1, 0.15) is 55.0 Å². The van der Waals surface area contributed by atoms with E-state index in [1.165, 1.54) is 0 Å². The van der Waals surface area contributed by atoms with Gasteiger partial charge in [-0.3, -0.25) is 14.5 Å². The van der Waals surface area contributed by atoms with E-state index in [-0.39, 0.29) is 16.7 Å². The Balaban J connectivity index is 2.00. The van der Waals surface area contributed by atoms with Crippen LogP contribution in [0.25, 0.3) is 5.76 Å². The fourth-order valence-electron chi connectivity index (χ4n) is 4.11. The van der Waals surface area contributed by atoms with Crippen LogP contribution in [0.15, 0.2) is 58.5 Å². The summed E-state index contributed by atoms with van der Waals surface area (Å²) in [6, 6.07) is 10.1. The molecule has 34 heavy (non-hydrogen) atoms. The van der Waals surface area contributed by atoms with Crippen molar-refractivity contribution in [2.45, 2.75) is 46.1 Å². The molecule has 1 unspecified atom stereocenters. The van der Waals surface area contributed by atoms with Gasteiger partial charge in [0.15, 0.2) is 0 Å². The molecule has 4 rings (SSSR count). The fourth-order valence-corrected chi connectivity index (χ4v) is 4.11. The van der Waals surface area contributed by atoms with E-state index in [1.807, 2.05) is 32.9 Å². The highest BCUT2D eigenvalue weighted by Crippen LogP contribution is 2.44. The van der Waals surface area contributed by atoms with Crippen LogP contribution in [0.2, 0.25) is 0 Å². The number of nitrogens with zero attached hydrogens (tertiary/aromatic N) is 1. The van der Waals surface area contributed by atoms with E-state index in [0.717, 1.165) is 28.7 Å². The van der Waals surface area contributed by atoms with Gasteiger partial charge in [0.25, 0.3) is 11.7 Å². The number of ketones is 1. The molecule has 1 aliphatic rings. The van der Waals surface area contributed by atoms with Crippen molar-refractivity contribution in [3.63, 3.8) is 0 Å². The largest absolute Gasteiger partial charge is 0.507 e. The quantitative estimate of drug-likeness (QED) is 0.288. The third kappa shape index (κ3) is 3.91. The Morgan fingerprint density at radius 3 is 2.32 bits per heavy atom. The molecule has 0 radical (unpaired) electrons. The molecule has 1 aliphatic heterocycles. The SMILES string of the molecule is Cc1ccc(C2/C(=C(\O)c3cc(C(C)(C)C)ccc3C)C(=O)C(=O)N2c2cc(F)ccc2F)o1. The lowest BCUT2D eigenvalue weighted by molar-refractivity contribution is -0.132. The molecule has 1 N–H and O–H groups in total. The summed E-state index contributed by atoms with van der Waals surface area (Å²) in [5, 5.41) is 11.4. The van der Waals surface area contributed by atoms with Crippen molar-refractivity contribution in [2.75, 3.05) is 4.90 Å². The molecule has 176 valence electrons. The van der Waals surface area contributed by atoms with Crippen molar-refractivity contribution in [1.82, 2.24) is 0 Å². The van der Waals surface area contributed by atoms with Crippen LogP contribution in [0.5, 0.6) is 0 Å². The van der Waals surface area contributed by atoms with Crippen LogP contribution in [0.4, 0.5) is 14.5 Å². The molecule has 1 aromatic heterocycles. The maximum Gasteiger partial charge on any atom is 0.300 e. The van der Waals surface area contributed by atoms with E-state index < -0.39 is 40.8 Å². The number of hydrogen-bond donors (Lipinski definition) is 1. The molecule has 1 saturated heterocycles. The second-order valence-corrected chi connectivity index (χ2v) is 9.49. The number of rotatable bonds is 3. The Labute approximate surface area is 196 Å². The van der Waals surface area contributed by atoms with Gasteiger partial charge in [0, 0.05) is 11.6 Å². The Hall–Kier alpha value is -3.74. The molecule has 2 aromatic carbocycles. The summed E-state index contributed by atoms with van der Waals surface area (Å²) in [4.78, 5) is 27.2. The molecule has 2 heterocycles. The summed E-state index contributed by atoms with van der Waals surface area (Å²) >= 11 is 0. The first-order valence-electron chi connectivity index (χ1n) is 10.8. The summed E-state index contributed by atoms with van der Waals surface area (Å²) in [7, 11) is 0. The molecule has 1 atom stereocenters. The maximum atomic E-state index is 14.7. The minimum Gasteiger partial charge on any atom is -0.507 e. The van der Waals surface area contributed by atoms with Crippen LogP contribution in [0, 0.1) is 25.5 Å². The standard InChI is InChI=1S/C27H25F2NO4/c1-14-6-8-16(27(3,4)5)12-18(14)24(31)22-23(21-11-7-15(2)34-21)30(26(33)25(22)32)20-13-17(28)9-10-19(20)29/h6-13,23,31H,1-5H3/b24-22+. The zero-order valence-corrected chi connectivity index (χ0v) is 19.6. The summed E-state index contributed by atoms with van der Waals surface area (Å²) in [6.07, 6.45) is 0. The van der Waals surface area contributed by atoms with Gasteiger partial charge < -0.3 is 9.52 Å². The third-order valence-electron chi connectivity index (χ3n) is 6.00. The Morgan fingerprint density at radius 1 is 1.00 bits per heavy atom. The van der Waals surface area contributed by atoms with Crippen LogP contribution in [-0.4, -0.2) is 16.8 Å². The van der Waals surface area contributed by atoms with Gasteiger partial charge in [0.05, 0.1) is 11.3 Å². The zero-order chi connectivity index (χ0) is 24.9. The fraction of sp³-hybridized carbons (Fsp3) is 0.259. The lowest BCUT2D eigenvalue weighted by Gasteiger charge is -2.24. The lowest BCUT2D eigenvalue weighted by atomic mass is 9.84. The number of aryl methyl sites for hydroxylation is 2. The van der Waals surface area contributed by atoms with E-state index in [0.29, 0.717) is 16.9 Å². The normalized spacial score (nSPS) is 18.1. The average Bonchev–Trinajstić information content (AvgIpc) is 3.30. The molecule has 0 bridgehead atoms. The average molecular weight is 465 g/mol. The first-order chi connectivity index (χ1) is 15.9. The van der Waals surface area contributed by atoms with Crippen molar-refractivity contribution in [1.29, 1.82) is 0 Å². The van der Waals surface area contributed by atoms with E-state index in [2.05, 4.69) is 0 Å². The van der Waals surface area contributed by atoms with Gasteiger partial charge in [-0.1, -0.05) is 32.9 Å². The molecule has 0 spiro atoms. The second-order valence-electron chi connectivity index (χ2n) is 9.49. The monoisotopic (exact) mass is 465 g/mol. The first kappa shape index (κ1) is 23.4. The highest BCUT2D eigenvalue weighted by Gasteiger charge is 2.49. The van der Waals surface area contributed by atoms with Gasteiger partial charge >= 0.3 is 0 Å². The van der Waals surface area contributed by atoms with Crippen LogP contribution < -0.4 is 4.90 Å². The van der Waals surface area contributed by atoms with Gasteiger partial charge in [-0.15, -0.1) is 0 Å². The number of carbonyl (C=O) groups excluding carboxylic acids is 2. The molecule has 1 fully saturated rings. The molecular weight excluding hydrogens is 440 g/mol. The summed E-state index contributed by atoms with van der Waals surface area (Å²) in [5.74, 6) is -3.53. The number of furan rings is 1. The molecular formula is C27H25F2NO4. The minimum absolute atomic E-state index is 0.145. The number of carbonyl (C=O) groups is 2. The Bertz CT molecular complexity index is 1350. The highest BCUT2D eigenvalue weighted by molar-refractivity contribution is 6.51. The zero-order valence-electron chi connectivity index (χ0n) is 19.6. The number of amides is 1. The van der Waals surface area contributed by atoms with Crippen molar-refractivity contribution in [3.8, 4) is 0 Å². The number of benzene rings is 2. The lowest BCUT2D eigenvalue weighted by Crippen LogP contribution is -2.30. The minimum atomic E-state index is -1.28. The number of halogens is 2. The number of Topliss-reactive ketones (excluding diaryl/α,β-unsaturated/α-hetero) is 1. The van der Waals surface area contributed by atoms with Gasteiger partial charge in [-0.25, -0.2) is 8.78 Å². The van der Waals surface area contributed by atoms with Crippen molar-refractivity contribution in [2.24, 2.45) is 0 Å². The number of aliphatic hydroxyl groups is 1. The molecule has 5 nitrogen and oxygen atoms in total. The molecule has 3 aromatic rings. The van der Waals surface area contributed by atoms with Crippen molar-refractivity contribution < 1.29 is 27.9 Å². The van der Waals surface area contributed by atoms with Gasteiger partial charge in [0.1, 0.15) is 35.0 Å². The smallest absolute Gasteiger partial charge is 0.300 e. The summed E-state index contributed by atoms with van der Waals surface area (Å²) < 4.78 is 34.5. The van der Waals surface area contributed by atoms with Gasteiger partial charge in [-0.05, 0) is 60.7 Å².